The van der Waals surface area contributed by atoms with Gasteiger partial charge in [-0.3, -0.25) is 0 Å². The second-order valence-electron chi connectivity index (χ2n) is 6.96. The Labute approximate surface area is 194 Å². The van der Waals surface area contributed by atoms with Gasteiger partial charge in [-0.1, -0.05) is 12.1 Å². The van der Waals surface area contributed by atoms with Crippen LogP contribution in [-0.2, 0) is 13.0 Å². The van der Waals surface area contributed by atoms with E-state index in [9.17, 15) is 0 Å². The van der Waals surface area contributed by atoms with E-state index in [1.165, 1.54) is 14.7 Å². The number of halogens is 1. The van der Waals surface area contributed by atoms with E-state index in [0.717, 1.165) is 41.7 Å². The molecule has 0 bridgehead atoms. The summed E-state index contributed by atoms with van der Waals surface area (Å²) < 4.78 is 12.2. The number of benzene rings is 2. The lowest BCUT2D eigenvalue weighted by Gasteiger charge is -2.14. The number of ether oxygens (including phenoxy) is 2. The summed E-state index contributed by atoms with van der Waals surface area (Å²) in [6.45, 7) is 1.67. The Morgan fingerprint density at radius 2 is 1.77 bits per heavy atom. The molecular weight excluding hydrogens is 507 g/mol. The average molecular weight is 530 g/mol. The van der Waals surface area contributed by atoms with Gasteiger partial charge in [0.15, 0.2) is 11.5 Å². The van der Waals surface area contributed by atoms with Gasteiger partial charge in [-0.2, -0.15) is 11.3 Å². The van der Waals surface area contributed by atoms with Gasteiger partial charge in [0.1, 0.15) is 0 Å². The highest BCUT2D eigenvalue weighted by Crippen LogP contribution is 2.34. The zero-order valence-electron chi connectivity index (χ0n) is 16.9. The maximum atomic E-state index is 5.48. The fraction of sp³-hybridized carbons (Fsp3) is 0.208. The van der Waals surface area contributed by atoms with Crippen LogP contribution in [-0.4, -0.2) is 25.7 Å². The molecule has 2 aromatic heterocycles. The molecule has 4 rings (SSSR count). The van der Waals surface area contributed by atoms with Crippen LogP contribution in [0.15, 0.2) is 59.3 Å². The minimum absolute atomic E-state index is 0.692. The summed E-state index contributed by atoms with van der Waals surface area (Å²) in [6, 6.07) is 16.9. The van der Waals surface area contributed by atoms with Crippen LogP contribution < -0.4 is 14.8 Å². The topological polar surface area (TPSA) is 43.4 Å². The summed E-state index contributed by atoms with van der Waals surface area (Å²) in [5.74, 6) is 1.41. The van der Waals surface area contributed by atoms with E-state index in [4.69, 9.17) is 14.5 Å². The lowest BCUT2D eigenvalue weighted by molar-refractivity contribution is 0.356. The minimum atomic E-state index is 0.692. The second-order valence-corrected chi connectivity index (χ2v) is 8.99. The molecule has 0 radical (unpaired) electrons. The maximum absolute atomic E-state index is 5.48. The Bertz CT molecular complexity index is 1130. The molecule has 0 saturated carbocycles. The van der Waals surface area contributed by atoms with E-state index in [-0.39, 0.29) is 0 Å². The first kappa shape index (κ1) is 21.1. The van der Waals surface area contributed by atoms with Crippen LogP contribution in [0.4, 0.5) is 0 Å². The van der Waals surface area contributed by atoms with Gasteiger partial charge in [-0.25, -0.2) is 4.98 Å². The molecular formula is C24H23IN2O2S. The lowest BCUT2D eigenvalue weighted by Crippen LogP contribution is -2.17. The summed E-state index contributed by atoms with van der Waals surface area (Å²) >= 11 is 4.02. The predicted molar refractivity (Wildman–Crippen MR) is 133 cm³/mol. The van der Waals surface area contributed by atoms with E-state index in [1.54, 1.807) is 25.6 Å². The number of rotatable bonds is 8. The van der Waals surface area contributed by atoms with Gasteiger partial charge < -0.3 is 14.8 Å². The van der Waals surface area contributed by atoms with Crippen molar-refractivity contribution in [2.75, 3.05) is 20.8 Å². The molecule has 6 heteroatoms. The first-order valence-corrected chi connectivity index (χ1v) is 11.7. The fourth-order valence-corrected chi connectivity index (χ4v) is 4.44. The summed E-state index contributed by atoms with van der Waals surface area (Å²) in [4.78, 5) is 4.98. The van der Waals surface area contributed by atoms with Gasteiger partial charge in [-0.05, 0) is 82.4 Å². The van der Waals surface area contributed by atoms with Crippen LogP contribution in [0.2, 0.25) is 0 Å². The molecule has 0 atom stereocenters. The molecule has 4 nitrogen and oxygen atoms in total. The van der Waals surface area contributed by atoms with Crippen molar-refractivity contribution in [3.05, 3.63) is 74.0 Å². The van der Waals surface area contributed by atoms with Crippen molar-refractivity contribution in [1.29, 1.82) is 0 Å². The molecule has 0 fully saturated rings. The Morgan fingerprint density at radius 3 is 2.47 bits per heavy atom. The molecule has 0 saturated heterocycles. The van der Waals surface area contributed by atoms with Crippen molar-refractivity contribution < 1.29 is 9.47 Å². The smallest absolute Gasteiger partial charge is 0.162 e. The van der Waals surface area contributed by atoms with Crippen molar-refractivity contribution in [3.8, 4) is 22.8 Å². The maximum Gasteiger partial charge on any atom is 0.162 e. The van der Waals surface area contributed by atoms with Gasteiger partial charge in [0.05, 0.1) is 25.4 Å². The number of hydrogen-bond donors (Lipinski definition) is 1. The molecule has 30 heavy (non-hydrogen) atoms. The molecule has 2 heterocycles. The van der Waals surface area contributed by atoms with Gasteiger partial charge in [0, 0.05) is 32.5 Å². The van der Waals surface area contributed by atoms with Crippen LogP contribution in [0, 0.1) is 3.57 Å². The summed E-state index contributed by atoms with van der Waals surface area (Å²) in [6.07, 6.45) is 0.997. The van der Waals surface area contributed by atoms with Crippen LogP contribution in [0.5, 0.6) is 11.5 Å². The number of pyridine rings is 1. The van der Waals surface area contributed by atoms with E-state index >= 15 is 0 Å². The number of nitrogens with zero attached hydrogens (tertiary/aromatic N) is 1. The SMILES string of the molecule is COc1cc2cc(CNCCc3ccc(I)cc3)c(-c3ccsc3)nc2cc1OC. The monoisotopic (exact) mass is 530 g/mol. The minimum Gasteiger partial charge on any atom is -0.493 e. The first-order valence-electron chi connectivity index (χ1n) is 9.71. The quantitative estimate of drug-likeness (QED) is 0.227. The third-order valence-electron chi connectivity index (χ3n) is 5.01. The Hall–Kier alpha value is -2.16. The second kappa shape index (κ2) is 9.76. The molecule has 0 amide bonds. The zero-order chi connectivity index (χ0) is 20.9. The van der Waals surface area contributed by atoms with Crippen molar-refractivity contribution in [2.24, 2.45) is 0 Å². The molecule has 0 unspecified atom stereocenters. The van der Waals surface area contributed by atoms with E-state index in [2.05, 4.69) is 75.1 Å². The normalized spacial score (nSPS) is 11.0. The number of hydrogen-bond acceptors (Lipinski definition) is 5. The van der Waals surface area contributed by atoms with Crippen LogP contribution in [0.3, 0.4) is 0 Å². The number of fused-ring (bicyclic) bond motifs is 1. The highest BCUT2D eigenvalue weighted by atomic mass is 127. The Morgan fingerprint density at radius 1 is 1.00 bits per heavy atom. The van der Waals surface area contributed by atoms with Crippen molar-refractivity contribution in [3.63, 3.8) is 0 Å². The fourth-order valence-electron chi connectivity index (χ4n) is 3.44. The van der Waals surface area contributed by atoms with Gasteiger partial charge >= 0.3 is 0 Å². The summed E-state index contributed by atoms with van der Waals surface area (Å²) in [7, 11) is 3.30. The van der Waals surface area contributed by atoms with E-state index < -0.39 is 0 Å². The van der Waals surface area contributed by atoms with Crippen molar-refractivity contribution in [1.82, 2.24) is 10.3 Å². The molecule has 4 aromatic rings. The summed E-state index contributed by atoms with van der Waals surface area (Å²) in [5, 5.41) is 8.86. The molecule has 0 aliphatic heterocycles. The van der Waals surface area contributed by atoms with E-state index in [1.807, 2.05) is 12.1 Å². The lowest BCUT2D eigenvalue weighted by atomic mass is 10.0. The van der Waals surface area contributed by atoms with Crippen LogP contribution in [0.1, 0.15) is 11.1 Å². The largest absolute Gasteiger partial charge is 0.493 e. The average Bonchev–Trinajstić information content (AvgIpc) is 3.31. The standard InChI is InChI=1S/C24H23IN2O2S/c1-28-22-12-18-11-19(14-26-9-7-16-3-5-20(25)6-4-16)24(17-8-10-30-15-17)27-21(18)13-23(22)29-2/h3-6,8,10-13,15,26H,7,9,14H2,1-2H3. The van der Waals surface area contributed by atoms with Crippen molar-refractivity contribution >= 4 is 44.8 Å². The molecule has 154 valence electrons. The molecule has 0 aliphatic rings. The number of aromatic nitrogens is 1. The predicted octanol–water partition coefficient (Wildman–Crippen LogP) is 5.92. The molecule has 0 aliphatic carbocycles. The number of methoxy groups -OCH3 is 2. The van der Waals surface area contributed by atoms with E-state index in [0.29, 0.717) is 11.5 Å². The summed E-state index contributed by atoms with van der Waals surface area (Å²) in [5.41, 5.74) is 5.57. The third-order valence-corrected chi connectivity index (χ3v) is 6.42. The highest BCUT2D eigenvalue weighted by Gasteiger charge is 2.13. The van der Waals surface area contributed by atoms with Crippen LogP contribution >= 0.6 is 33.9 Å². The highest BCUT2D eigenvalue weighted by molar-refractivity contribution is 14.1. The van der Waals surface area contributed by atoms with Crippen LogP contribution in [0.25, 0.3) is 22.2 Å². The zero-order valence-corrected chi connectivity index (χ0v) is 19.9. The Kier molecular flexibility index (Phi) is 6.86. The molecule has 1 N–H and O–H groups in total. The van der Waals surface area contributed by atoms with Gasteiger partial charge in [0.25, 0.3) is 0 Å². The number of nitrogens with one attached hydrogen (secondary N) is 1. The Balaban J connectivity index is 1.59. The third kappa shape index (κ3) is 4.77. The molecule has 2 aromatic carbocycles. The van der Waals surface area contributed by atoms with Gasteiger partial charge in [-0.15, -0.1) is 0 Å². The van der Waals surface area contributed by atoms with Gasteiger partial charge in [0.2, 0.25) is 0 Å². The number of thiophene rings is 1. The molecule has 0 spiro atoms. The first-order chi connectivity index (χ1) is 14.7. The van der Waals surface area contributed by atoms with Crippen molar-refractivity contribution in [2.45, 2.75) is 13.0 Å².